The first-order chi connectivity index (χ1) is 10.7. The number of nitriles is 1. The second-order valence-electron chi connectivity index (χ2n) is 5.01. The first-order valence-electron chi connectivity index (χ1n) is 7.58. The largest absolute Gasteiger partial charge is 0.279 e. The van der Waals surface area contributed by atoms with E-state index >= 15 is 0 Å². The molecule has 0 saturated heterocycles. The molecule has 1 rings (SSSR count). The fraction of sp³-hybridized carbons (Fsp3) is 0.389. The molecular weight excluding hydrogens is 276 g/mol. The number of unbranched alkanes of at least 4 members (excludes halogenated alkanes) is 3. The normalized spacial score (nSPS) is 9.77. The molecule has 1 aromatic carbocycles. The van der Waals surface area contributed by atoms with Gasteiger partial charge < -0.3 is 0 Å². The molecule has 4 heteroatoms. The van der Waals surface area contributed by atoms with Crippen LogP contribution in [0.2, 0.25) is 0 Å². The minimum atomic E-state index is -0.255. The predicted molar refractivity (Wildman–Crippen MR) is 86.0 cm³/mol. The number of allylic oxidation sites excluding steroid dienone is 1. The van der Waals surface area contributed by atoms with Gasteiger partial charge in [0, 0.05) is 24.9 Å². The minimum absolute atomic E-state index is 0.172. The minimum Gasteiger partial charge on any atom is -0.279 e. The van der Waals surface area contributed by atoms with E-state index in [2.05, 4.69) is 12.6 Å². The number of hydrogen-bond donors (Lipinski definition) is 0. The van der Waals surface area contributed by atoms with Crippen LogP contribution in [0.5, 0.6) is 0 Å². The molecule has 4 nitrogen and oxygen atoms in total. The maximum Gasteiger partial charge on any atom is 0.260 e. The third-order valence-electron chi connectivity index (χ3n) is 3.30. The van der Waals surface area contributed by atoms with E-state index in [0.29, 0.717) is 31.4 Å². The zero-order chi connectivity index (χ0) is 16.2. The highest BCUT2D eigenvalue weighted by Gasteiger charge is 2.21. The molecular formula is C18H22N2O2. The molecule has 0 unspecified atom stereocenters. The van der Waals surface area contributed by atoms with E-state index in [4.69, 9.17) is 5.26 Å². The van der Waals surface area contributed by atoms with Crippen LogP contribution in [-0.2, 0) is 4.79 Å². The molecule has 0 saturated carbocycles. The van der Waals surface area contributed by atoms with Crippen LogP contribution in [0.1, 0.15) is 48.9 Å². The van der Waals surface area contributed by atoms with Crippen LogP contribution in [0, 0.1) is 11.3 Å². The summed E-state index contributed by atoms with van der Waals surface area (Å²) in [7, 11) is 0. The highest BCUT2D eigenvalue weighted by atomic mass is 16.2. The number of amides is 2. The lowest BCUT2D eigenvalue weighted by atomic mass is 10.1. The van der Waals surface area contributed by atoms with Crippen molar-refractivity contribution in [3.63, 3.8) is 0 Å². The molecule has 2 amide bonds. The second kappa shape index (κ2) is 10.3. The van der Waals surface area contributed by atoms with E-state index in [9.17, 15) is 9.59 Å². The van der Waals surface area contributed by atoms with E-state index in [0.717, 1.165) is 19.3 Å². The Balaban J connectivity index is 2.69. The van der Waals surface area contributed by atoms with Crippen molar-refractivity contribution in [3.05, 3.63) is 48.6 Å². The van der Waals surface area contributed by atoms with Crippen molar-refractivity contribution >= 4 is 11.8 Å². The molecule has 0 aromatic heterocycles. The molecule has 0 spiro atoms. The molecule has 1 aromatic rings. The third kappa shape index (κ3) is 5.92. The molecule has 0 aliphatic heterocycles. The van der Waals surface area contributed by atoms with Crippen LogP contribution in [0.25, 0.3) is 0 Å². The lowest BCUT2D eigenvalue weighted by Crippen LogP contribution is -2.37. The number of benzene rings is 1. The highest BCUT2D eigenvalue weighted by molar-refractivity contribution is 6.04. The average Bonchev–Trinajstić information content (AvgIpc) is 2.56. The Morgan fingerprint density at radius 3 is 2.55 bits per heavy atom. The lowest BCUT2D eigenvalue weighted by Gasteiger charge is -2.21. The van der Waals surface area contributed by atoms with Gasteiger partial charge >= 0.3 is 0 Å². The summed E-state index contributed by atoms with van der Waals surface area (Å²) >= 11 is 0. The lowest BCUT2D eigenvalue weighted by molar-refractivity contribution is -0.128. The zero-order valence-electron chi connectivity index (χ0n) is 12.8. The summed E-state index contributed by atoms with van der Waals surface area (Å²) in [6.07, 6.45) is 5.39. The second-order valence-corrected chi connectivity index (χ2v) is 5.01. The SMILES string of the molecule is C=CCCC(=O)N(CCCCCC#N)C(=O)c1ccccc1. The smallest absolute Gasteiger partial charge is 0.260 e. The van der Waals surface area contributed by atoms with Gasteiger partial charge in [0.15, 0.2) is 0 Å². The van der Waals surface area contributed by atoms with Gasteiger partial charge in [-0.25, -0.2) is 0 Å². The first kappa shape index (κ1) is 17.6. The Hall–Kier alpha value is -2.41. The van der Waals surface area contributed by atoms with Crippen LogP contribution in [-0.4, -0.2) is 23.3 Å². The summed E-state index contributed by atoms with van der Waals surface area (Å²) in [5, 5.41) is 8.52. The number of carbonyl (C=O) groups excluding carboxylic acids is 2. The summed E-state index contributed by atoms with van der Waals surface area (Å²) in [5.41, 5.74) is 0.520. The average molecular weight is 298 g/mol. The molecule has 0 N–H and O–H groups in total. The summed E-state index contributed by atoms with van der Waals surface area (Å²) in [4.78, 5) is 26.1. The van der Waals surface area contributed by atoms with Crippen molar-refractivity contribution in [2.75, 3.05) is 6.54 Å². The maximum atomic E-state index is 12.5. The Kier molecular flexibility index (Phi) is 8.29. The van der Waals surface area contributed by atoms with Crippen LogP contribution in [0.3, 0.4) is 0 Å². The first-order valence-corrected chi connectivity index (χ1v) is 7.58. The van der Waals surface area contributed by atoms with Crippen LogP contribution in [0.4, 0.5) is 0 Å². The summed E-state index contributed by atoms with van der Waals surface area (Å²) < 4.78 is 0. The van der Waals surface area contributed by atoms with Crippen molar-refractivity contribution in [3.8, 4) is 6.07 Å². The predicted octanol–water partition coefficient (Wildman–Crippen LogP) is 3.71. The molecule has 22 heavy (non-hydrogen) atoms. The highest BCUT2D eigenvalue weighted by Crippen LogP contribution is 2.10. The fourth-order valence-corrected chi connectivity index (χ4v) is 2.09. The Morgan fingerprint density at radius 1 is 1.18 bits per heavy atom. The quantitative estimate of drug-likeness (QED) is 0.516. The summed E-state index contributed by atoms with van der Waals surface area (Å²) in [6, 6.07) is 10.9. The van der Waals surface area contributed by atoms with Crippen LogP contribution < -0.4 is 0 Å². The summed E-state index contributed by atoms with van der Waals surface area (Å²) in [5.74, 6) is -0.427. The van der Waals surface area contributed by atoms with Crippen molar-refractivity contribution in [1.29, 1.82) is 5.26 Å². The van der Waals surface area contributed by atoms with Gasteiger partial charge in [-0.05, 0) is 31.4 Å². The number of carbonyl (C=O) groups is 2. The Morgan fingerprint density at radius 2 is 1.91 bits per heavy atom. The fourth-order valence-electron chi connectivity index (χ4n) is 2.09. The van der Waals surface area contributed by atoms with Gasteiger partial charge in [-0.1, -0.05) is 30.7 Å². The molecule has 0 radical (unpaired) electrons. The molecule has 0 aliphatic carbocycles. The standard InChI is InChI=1S/C18H22N2O2/c1-2-3-13-17(21)20(15-10-5-4-9-14-19)18(22)16-11-7-6-8-12-16/h2,6-8,11-12H,1,3-5,9-10,13,15H2. The molecule has 0 bridgehead atoms. The molecule has 0 heterocycles. The Bertz CT molecular complexity index is 532. The van der Waals surface area contributed by atoms with Crippen LogP contribution in [0.15, 0.2) is 43.0 Å². The van der Waals surface area contributed by atoms with Crippen molar-refractivity contribution in [2.24, 2.45) is 0 Å². The molecule has 0 fully saturated rings. The summed E-state index contributed by atoms with van der Waals surface area (Å²) in [6.45, 7) is 4.00. The Labute approximate surface area is 132 Å². The van der Waals surface area contributed by atoms with E-state index in [1.165, 1.54) is 4.90 Å². The molecule has 116 valence electrons. The zero-order valence-corrected chi connectivity index (χ0v) is 12.8. The van der Waals surface area contributed by atoms with Gasteiger partial charge in [-0.15, -0.1) is 6.58 Å². The van der Waals surface area contributed by atoms with E-state index in [1.54, 1.807) is 30.3 Å². The monoisotopic (exact) mass is 298 g/mol. The number of hydrogen-bond acceptors (Lipinski definition) is 3. The van der Waals surface area contributed by atoms with Gasteiger partial charge in [0.05, 0.1) is 6.07 Å². The van der Waals surface area contributed by atoms with Crippen molar-refractivity contribution in [1.82, 2.24) is 4.90 Å². The van der Waals surface area contributed by atoms with Gasteiger partial charge in [0.2, 0.25) is 5.91 Å². The van der Waals surface area contributed by atoms with Crippen molar-refractivity contribution in [2.45, 2.75) is 38.5 Å². The third-order valence-corrected chi connectivity index (χ3v) is 3.30. The van der Waals surface area contributed by atoms with E-state index < -0.39 is 0 Å². The van der Waals surface area contributed by atoms with Gasteiger partial charge in [-0.2, -0.15) is 5.26 Å². The number of imide groups is 1. The maximum absolute atomic E-state index is 12.5. The van der Waals surface area contributed by atoms with Gasteiger partial charge in [0.25, 0.3) is 5.91 Å². The number of rotatable bonds is 9. The van der Waals surface area contributed by atoms with Gasteiger partial charge in [0.1, 0.15) is 0 Å². The van der Waals surface area contributed by atoms with Crippen LogP contribution >= 0.6 is 0 Å². The molecule has 0 atom stereocenters. The number of nitrogens with zero attached hydrogens (tertiary/aromatic N) is 2. The van der Waals surface area contributed by atoms with E-state index in [-0.39, 0.29) is 11.8 Å². The van der Waals surface area contributed by atoms with Crippen molar-refractivity contribution < 1.29 is 9.59 Å². The topological polar surface area (TPSA) is 61.2 Å². The van der Waals surface area contributed by atoms with E-state index in [1.807, 2.05) is 6.07 Å². The van der Waals surface area contributed by atoms with Gasteiger partial charge in [-0.3, -0.25) is 14.5 Å². The molecule has 0 aliphatic rings.